The van der Waals surface area contributed by atoms with Crippen molar-refractivity contribution in [3.8, 4) is 0 Å². The summed E-state index contributed by atoms with van der Waals surface area (Å²) in [5, 5.41) is 3.07. The molecule has 1 aliphatic carbocycles. The molecule has 4 nitrogen and oxygen atoms in total. The van der Waals surface area contributed by atoms with Gasteiger partial charge in [-0.25, -0.2) is 13.6 Å². The summed E-state index contributed by atoms with van der Waals surface area (Å²) in [5.74, 6) is 0.114. The van der Waals surface area contributed by atoms with Gasteiger partial charge in [-0.2, -0.15) is 0 Å². The maximum atomic E-state index is 14.6. The number of fused-ring (bicyclic) bond motifs is 1. The highest BCUT2D eigenvalue weighted by atomic mass is 32.2. The van der Waals surface area contributed by atoms with E-state index >= 15 is 0 Å². The number of hydrogen-bond donors (Lipinski definition) is 1. The number of ether oxygens (including phenoxy) is 1. The summed E-state index contributed by atoms with van der Waals surface area (Å²) < 4.78 is 33.8. The SMILES string of the molecule is CC(C)(C)OC(=O)NC1=NC2(c3ccccc3F)CC[C@@H](F)CC2CS1. The summed E-state index contributed by atoms with van der Waals surface area (Å²) >= 11 is 1.35. The number of halogens is 2. The summed E-state index contributed by atoms with van der Waals surface area (Å²) in [7, 11) is 0. The smallest absolute Gasteiger partial charge is 0.413 e. The van der Waals surface area contributed by atoms with Gasteiger partial charge < -0.3 is 4.74 Å². The second-order valence-corrected chi connectivity index (χ2v) is 8.84. The fourth-order valence-electron chi connectivity index (χ4n) is 3.63. The number of nitrogens with zero attached hydrogens (tertiary/aromatic N) is 1. The largest absolute Gasteiger partial charge is 0.444 e. The van der Waals surface area contributed by atoms with E-state index in [1.54, 1.807) is 39.0 Å². The number of carbonyl (C=O) groups excluding carboxylic acids is 1. The van der Waals surface area contributed by atoms with Crippen LogP contribution in [0.4, 0.5) is 13.6 Å². The lowest BCUT2D eigenvalue weighted by atomic mass is 9.69. The molecule has 0 saturated heterocycles. The molecule has 1 N–H and O–H groups in total. The van der Waals surface area contributed by atoms with Gasteiger partial charge in [0.1, 0.15) is 17.6 Å². The minimum Gasteiger partial charge on any atom is -0.444 e. The molecule has 1 amide bonds. The first kappa shape index (κ1) is 19.1. The summed E-state index contributed by atoms with van der Waals surface area (Å²) in [6, 6.07) is 6.52. The lowest BCUT2D eigenvalue weighted by Crippen LogP contribution is -2.47. The van der Waals surface area contributed by atoms with Crippen LogP contribution < -0.4 is 5.32 Å². The highest BCUT2D eigenvalue weighted by Crippen LogP contribution is 2.50. The van der Waals surface area contributed by atoms with Crippen LogP contribution in [0.2, 0.25) is 0 Å². The topological polar surface area (TPSA) is 50.7 Å². The Bertz CT molecular complexity index is 720. The van der Waals surface area contributed by atoms with Crippen molar-refractivity contribution in [1.82, 2.24) is 5.32 Å². The van der Waals surface area contributed by atoms with Crippen LogP contribution in [0.1, 0.15) is 45.6 Å². The normalized spacial score (nSPS) is 28.7. The Hall–Kier alpha value is -1.63. The average molecular weight is 382 g/mol. The minimum absolute atomic E-state index is 0.114. The molecule has 0 spiro atoms. The molecule has 3 rings (SSSR count). The predicted molar refractivity (Wildman–Crippen MR) is 99.6 cm³/mol. The third-order valence-electron chi connectivity index (χ3n) is 4.72. The zero-order valence-corrected chi connectivity index (χ0v) is 16.0. The lowest BCUT2D eigenvalue weighted by Gasteiger charge is -2.45. The maximum absolute atomic E-state index is 14.6. The molecule has 0 radical (unpaired) electrons. The van der Waals surface area contributed by atoms with E-state index in [-0.39, 0.29) is 11.7 Å². The Morgan fingerprint density at radius 2 is 2.12 bits per heavy atom. The highest BCUT2D eigenvalue weighted by Gasteiger charge is 2.48. The number of thioether (sulfide) groups is 1. The Kier molecular flexibility index (Phi) is 5.28. The number of rotatable bonds is 1. The van der Waals surface area contributed by atoms with Gasteiger partial charge in [0.15, 0.2) is 5.17 Å². The standard InChI is InChI=1S/C19H24F2N2O2S/c1-18(2,3)25-17(24)22-16-23-19(14-6-4-5-7-15(14)21)9-8-13(20)10-12(19)11-26-16/h4-7,12-13H,8-11H2,1-3H3,(H,22,23,24)/t12?,13-,19?/m1/s1. The molecule has 3 atom stereocenters. The molecule has 2 aliphatic rings. The summed E-state index contributed by atoms with van der Waals surface area (Å²) in [4.78, 5) is 16.8. The van der Waals surface area contributed by atoms with Gasteiger partial charge in [0.2, 0.25) is 0 Å². The first-order valence-electron chi connectivity index (χ1n) is 8.81. The van der Waals surface area contributed by atoms with E-state index in [2.05, 4.69) is 5.32 Å². The first-order chi connectivity index (χ1) is 12.2. The molecule has 26 heavy (non-hydrogen) atoms. The fourth-order valence-corrected chi connectivity index (χ4v) is 4.78. The van der Waals surface area contributed by atoms with Gasteiger partial charge in [-0.3, -0.25) is 10.3 Å². The number of hydrogen-bond acceptors (Lipinski definition) is 4. The Morgan fingerprint density at radius 3 is 2.81 bits per heavy atom. The molecule has 1 aromatic rings. The molecule has 0 aromatic heterocycles. The van der Waals surface area contributed by atoms with Crippen LogP contribution in [-0.4, -0.2) is 28.8 Å². The highest BCUT2D eigenvalue weighted by molar-refractivity contribution is 8.13. The van der Waals surface area contributed by atoms with Crippen molar-refractivity contribution in [2.75, 3.05) is 5.75 Å². The van der Waals surface area contributed by atoms with E-state index in [1.165, 1.54) is 17.8 Å². The van der Waals surface area contributed by atoms with Crippen LogP contribution in [-0.2, 0) is 10.3 Å². The van der Waals surface area contributed by atoms with Crippen molar-refractivity contribution in [2.24, 2.45) is 10.9 Å². The van der Waals surface area contributed by atoms with E-state index in [0.717, 1.165) is 0 Å². The number of alkyl carbamates (subject to hydrolysis) is 1. The molecule has 0 bridgehead atoms. The quantitative estimate of drug-likeness (QED) is 0.760. The Balaban J connectivity index is 1.93. The van der Waals surface area contributed by atoms with Gasteiger partial charge in [-0.1, -0.05) is 30.0 Å². The number of amides is 1. The van der Waals surface area contributed by atoms with Gasteiger partial charge in [0.05, 0.1) is 5.54 Å². The van der Waals surface area contributed by atoms with Crippen LogP contribution in [0, 0.1) is 11.7 Å². The number of aliphatic imine (C=N–C) groups is 1. The van der Waals surface area contributed by atoms with Crippen molar-refractivity contribution in [2.45, 2.75) is 57.3 Å². The van der Waals surface area contributed by atoms with Gasteiger partial charge in [-0.05, 0) is 46.1 Å². The maximum Gasteiger partial charge on any atom is 0.413 e. The third-order valence-corrected chi connectivity index (χ3v) is 5.76. The number of nitrogens with one attached hydrogen (secondary N) is 1. The number of amidine groups is 1. The second kappa shape index (κ2) is 7.18. The first-order valence-corrected chi connectivity index (χ1v) is 9.80. The van der Waals surface area contributed by atoms with Gasteiger partial charge in [0, 0.05) is 17.2 Å². The summed E-state index contributed by atoms with van der Waals surface area (Å²) in [6.45, 7) is 5.34. The zero-order chi connectivity index (χ0) is 18.9. The molecular formula is C19H24F2N2O2S. The Labute approximate surface area is 156 Å². The summed E-state index contributed by atoms with van der Waals surface area (Å²) in [5.41, 5.74) is -0.994. The predicted octanol–water partition coefficient (Wildman–Crippen LogP) is 4.79. The minimum atomic E-state index is -0.893. The molecule has 2 unspecified atom stereocenters. The van der Waals surface area contributed by atoms with E-state index < -0.39 is 23.4 Å². The Morgan fingerprint density at radius 1 is 1.38 bits per heavy atom. The molecule has 1 fully saturated rings. The average Bonchev–Trinajstić information content (AvgIpc) is 2.53. The van der Waals surface area contributed by atoms with Gasteiger partial charge >= 0.3 is 6.09 Å². The molecule has 1 aromatic carbocycles. The lowest BCUT2D eigenvalue weighted by molar-refractivity contribution is 0.0562. The van der Waals surface area contributed by atoms with Crippen molar-refractivity contribution in [3.05, 3.63) is 35.6 Å². The molecule has 1 aliphatic heterocycles. The third kappa shape index (κ3) is 4.03. The van der Waals surface area contributed by atoms with E-state index in [4.69, 9.17) is 9.73 Å². The van der Waals surface area contributed by atoms with E-state index in [9.17, 15) is 13.6 Å². The van der Waals surface area contributed by atoms with Crippen LogP contribution in [0.25, 0.3) is 0 Å². The van der Waals surface area contributed by atoms with Crippen LogP contribution >= 0.6 is 11.8 Å². The molecular weight excluding hydrogens is 358 g/mol. The number of alkyl halides is 1. The van der Waals surface area contributed by atoms with E-state index in [0.29, 0.717) is 35.7 Å². The van der Waals surface area contributed by atoms with E-state index in [1.807, 2.05) is 0 Å². The number of carbonyl (C=O) groups is 1. The second-order valence-electron chi connectivity index (χ2n) is 7.83. The van der Waals surface area contributed by atoms with Crippen molar-refractivity contribution in [3.63, 3.8) is 0 Å². The molecule has 1 saturated carbocycles. The zero-order valence-electron chi connectivity index (χ0n) is 15.2. The molecule has 142 valence electrons. The molecule has 1 heterocycles. The fraction of sp³-hybridized carbons (Fsp3) is 0.579. The van der Waals surface area contributed by atoms with Gasteiger partial charge in [0.25, 0.3) is 0 Å². The van der Waals surface area contributed by atoms with Gasteiger partial charge in [-0.15, -0.1) is 0 Å². The summed E-state index contributed by atoms with van der Waals surface area (Å²) in [6.07, 6.45) is -0.385. The number of benzene rings is 1. The van der Waals surface area contributed by atoms with Crippen LogP contribution in [0.5, 0.6) is 0 Å². The van der Waals surface area contributed by atoms with Crippen molar-refractivity contribution in [1.29, 1.82) is 0 Å². The van der Waals surface area contributed by atoms with Crippen LogP contribution in [0.15, 0.2) is 29.3 Å². The van der Waals surface area contributed by atoms with Crippen molar-refractivity contribution >= 4 is 23.0 Å². The molecule has 7 heteroatoms. The van der Waals surface area contributed by atoms with Crippen molar-refractivity contribution < 1.29 is 18.3 Å². The monoisotopic (exact) mass is 382 g/mol. The van der Waals surface area contributed by atoms with Crippen LogP contribution in [0.3, 0.4) is 0 Å².